The molecular formula is C14H21BrN4. The molecule has 1 saturated heterocycles. The first-order chi connectivity index (χ1) is 9.22. The second kappa shape index (κ2) is 6.80. The second-order valence-corrected chi connectivity index (χ2v) is 5.70. The molecule has 0 bridgehead atoms. The third-order valence-electron chi connectivity index (χ3n) is 3.50. The van der Waals surface area contributed by atoms with Crippen molar-refractivity contribution in [3.63, 3.8) is 0 Å². The third kappa shape index (κ3) is 3.86. The van der Waals surface area contributed by atoms with Crippen LogP contribution >= 0.6 is 15.9 Å². The van der Waals surface area contributed by atoms with Gasteiger partial charge in [0.2, 0.25) is 0 Å². The Morgan fingerprint density at radius 2 is 2.16 bits per heavy atom. The Morgan fingerprint density at radius 3 is 2.79 bits per heavy atom. The van der Waals surface area contributed by atoms with Crippen LogP contribution in [0.2, 0.25) is 0 Å². The molecule has 19 heavy (non-hydrogen) atoms. The fraction of sp³-hybridized carbons (Fsp3) is 0.500. The molecule has 0 amide bonds. The monoisotopic (exact) mass is 324 g/mol. The molecule has 4 nitrogen and oxygen atoms in total. The van der Waals surface area contributed by atoms with Crippen LogP contribution in [0.4, 0.5) is 5.69 Å². The zero-order chi connectivity index (χ0) is 13.7. The standard InChI is InChI=1S/C14H21BrN4/c1-16-14(17-2)18-9-11-7-8-19(10-11)13-5-3-12(15)4-6-13/h3-6,11H,7-10H2,1-2H3,(H2,16,17,18). The van der Waals surface area contributed by atoms with Gasteiger partial charge in [-0.05, 0) is 36.6 Å². The predicted octanol–water partition coefficient (Wildman–Crippen LogP) is 2.07. The number of nitrogens with one attached hydrogen (secondary N) is 2. The third-order valence-corrected chi connectivity index (χ3v) is 4.02. The Kier molecular flexibility index (Phi) is 5.07. The van der Waals surface area contributed by atoms with Gasteiger partial charge in [-0.1, -0.05) is 15.9 Å². The number of halogens is 1. The average molecular weight is 325 g/mol. The SMILES string of the molecule is CN=C(NC)NCC1CCN(c2ccc(Br)cc2)C1. The van der Waals surface area contributed by atoms with E-state index in [0.29, 0.717) is 5.92 Å². The van der Waals surface area contributed by atoms with Gasteiger partial charge in [0.05, 0.1) is 0 Å². The topological polar surface area (TPSA) is 39.7 Å². The van der Waals surface area contributed by atoms with Crippen LogP contribution in [0, 0.1) is 5.92 Å². The Hall–Kier alpha value is -1.23. The summed E-state index contributed by atoms with van der Waals surface area (Å²) in [7, 11) is 3.68. The molecule has 1 aromatic rings. The van der Waals surface area contributed by atoms with Gasteiger partial charge in [-0.15, -0.1) is 0 Å². The predicted molar refractivity (Wildman–Crippen MR) is 84.9 cm³/mol. The smallest absolute Gasteiger partial charge is 0.190 e. The van der Waals surface area contributed by atoms with E-state index in [0.717, 1.165) is 30.1 Å². The van der Waals surface area contributed by atoms with Crippen LogP contribution in [0.5, 0.6) is 0 Å². The molecule has 1 aliphatic heterocycles. The van der Waals surface area contributed by atoms with E-state index in [1.807, 2.05) is 7.05 Å². The second-order valence-electron chi connectivity index (χ2n) is 4.78. The van der Waals surface area contributed by atoms with Crippen molar-refractivity contribution in [2.45, 2.75) is 6.42 Å². The number of rotatable bonds is 3. The highest BCUT2D eigenvalue weighted by Crippen LogP contribution is 2.24. The van der Waals surface area contributed by atoms with Crippen molar-refractivity contribution in [1.82, 2.24) is 10.6 Å². The molecule has 1 fully saturated rings. The van der Waals surface area contributed by atoms with Crippen molar-refractivity contribution in [3.05, 3.63) is 28.7 Å². The minimum absolute atomic E-state index is 0.675. The minimum atomic E-state index is 0.675. The van der Waals surface area contributed by atoms with E-state index in [2.05, 4.69) is 60.7 Å². The van der Waals surface area contributed by atoms with Gasteiger partial charge in [0.15, 0.2) is 5.96 Å². The highest BCUT2D eigenvalue weighted by Gasteiger charge is 2.22. The Balaban J connectivity index is 1.84. The maximum absolute atomic E-state index is 4.13. The Bertz CT molecular complexity index is 430. The van der Waals surface area contributed by atoms with Gasteiger partial charge in [-0.3, -0.25) is 4.99 Å². The number of hydrogen-bond acceptors (Lipinski definition) is 2. The van der Waals surface area contributed by atoms with Gasteiger partial charge in [0.1, 0.15) is 0 Å². The van der Waals surface area contributed by atoms with E-state index in [4.69, 9.17) is 0 Å². The first-order valence-electron chi connectivity index (χ1n) is 6.62. The quantitative estimate of drug-likeness (QED) is 0.660. The van der Waals surface area contributed by atoms with E-state index >= 15 is 0 Å². The van der Waals surface area contributed by atoms with Crippen molar-refractivity contribution >= 4 is 27.6 Å². The number of hydrogen-bond donors (Lipinski definition) is 2. The summed E-state index contributed by atoms with van der Waals surface area (Å²) in [4.78, 5) is 6.58. The van der Waals surface area contributed by atoms with Gasteiger partial charge in [0, 0.05) is 43.9 Å². The molecule has 0 spiro atoms. The average Bonchev–Trinajstić information content (AvgIpc) is 2.89. The fourth-order valence-corrected chi connectivity index (χ4v) is 2.67. The lowest BCUT2D eigenvalue weighted by Crippen LogP contribution is -2.38. The maximum Gasteiger partial charge on any atom is 0.190 e. The summed E-state index contributed by atoms with van der Waals surface area (Å²) in [6.07, 6.45) is 1.23. The van der Waals surface area contributed by atoms with E-state index in [1.54, 1.807) is 7.05 Å². The molecule has 1 aliphatic rings. The largest absolute Gasteiger partial charge is 0.371 e. The Labute approximate surface area is 123 Å². The van der Waals surface area contributed by atoms with Crippen LogP contribution in [-0.2, 0) is 0 Å². The normalized spacial score (nSPS) is 19.6. The van der Waals surface area contributed by atoms with Crippen molar-refractivity contribution in [3.8, 4) is 0 Å². The van der Waals surface area contributed by atoms with Gasteiger partial charge in [-0.25, -0.2) is 0 Å². The van der Waals surface area contributed by atoms with Crippen LogP contribution in [0.15, 0.2) is 33.7 Å². The number of nitrogens with zero attached hydrogens (tertiary/aromatic N) is 2. The summed E-state index contributed by atoms with van der Waals surface area (Å²) in [5.41, 5.74) is 1.31. The Morgan fingerprint density at radius 1 is 1.42 bits per heavy atom. The minimum Gasteiger partial charge on any atom is -0.371 e. The molecule has 0 saturated carbocycles. The number of benzene rings is 1. The zero-order valence-corrected chi connectivity index (χ0v) is 13.1. The first kappa shape index (κ1) is 14.2. The molecule has 0 radical (unpaired) electrons. The lowest BCUT2D eigenvalue weighted by molar-refractivity contribution is 0.568. The highest BCUT2D eigenvalue weighted by molar-refractivity contribution is 9.10. The summed E-state index contributed by atoms with van der Waals surface area (Å²) in [5, 5.41) is 6.39. The van der Waals surface area contributed by atoms with Crippen LogP contribution < -0.4 is 15.5 Å². The summed E-state index contributed by atoms with van der Waals surface area (Å²) >= 11 is 3.47. The van der Waals surface area contributed by atoms with E-state index < -0.39 is 0 Å². The number of aliphatic imine (C=N–C) groups is 1. The van der Waals surface area contributed by atoms with E-state index in [9.17, 15) is 0 Å². The van der Waals surface area contributed by atoms with E-state index in [1.165, 1.54) is 12.1 Å². The molecule has 1 unspecified atom stereocenters. The molecule has 0 aromatic heterocycles. The molecular weight excluding hydrogens is 304 g/mol. The van der Waals surface area contributed by atoms with Crippen LogP contribution in [-0.4, -0.2) is 39.7 Å². The molecule has 2 rings (SSSR count). The lowest BCUT2D eigenvalue weighted by Gasteiger charge is -2.19. The number of anilines is 1. The van der Waals surface area contributed by atoms with Gasteiger partial charge in [-0.2, -0.15) is 0 Å². The van der Waals surface area contributed by atoms with Crippen LogP contribution in [0.3, 0.4) is 0 Å². The summed E-state index contributed by atoms with van der Waals surface area (Å²) in [6, 6.07) is 8.55. The molecule has 0 aliphatic carbocycles. The van der Waals surface area contributed by atoms with Crippen LogP contribution in [0.25, 0.3) is 0 Å². The van der Waals surface area contributed by atoms with Crippen molar-refractivity contribution in [2.75, 3.05) is 38.6 Å². The lowest BCUT2D eigenvalue weighted by atomic mass is 10.1. The first-order valence-corrected chi connectivity index (χ1v) is 7.41. The van der Waals surface area contributed by atoms with Crippen molar-refractivity contribution in [1.29, 1.82) is 0 Å². The summed E-state index contributed by atoms with van der Waals surface area (Å²) < 4.78 is 1.13. The maximum atomic E-state index is 4.13. The molecule has 104 valence electrons. The molecule has 2 N–H and O–H groups in total. The number of guanidine groups is 1. The van der Waals surface area contributed by atoms with Gasteiger partial charge < -0.3 is 15.5 Å². The molecule has 5 heteroatoms. The summed E-state index contributed by atoms with van der Waals surface area (Å²) in [5.74, 6) is 1.54. The van der Waals surface area contributed by atoms with Crippen molar-refractivity contribution < 1.29 is 0 Å². The van der Waals surface area contributed by atoms with Gasteiger partial charge >= 0.3 is 0 Å². The van der Waals surface area contributed by atoms with Gasteiger partial charge in [0.25, 0.3) is 0 Å². The fourth-order valence-electron chi connectivity index (χ4n) is 2.41. The molecule has 1 aromatic carbocycles. The molecule has 1 atom stereocenters. The van der Waals surface area contributed by atoms with Crippen molar-refractivity contribution in [2.24, 2.45) is 10.9 Å². The molecule has 1 heterocycles. The van der Waals surface area contributed by atoms with E-state index in [-0.39, 0.29) is 0 Å². The highest BCUT2D eigenvalue weighted by atomic mass is 79.9. The van der Waals surface area contributed by atoms with Crippen LogP contribution in [0.1, 0.15) is 6.42 Å². The summed E-state index contributed by atoms with van der Waals surface area (Å²) in [6.45, 7) is 3.21. The zero-order valence-electron chi connectivity index (χ0n) is 11.5.